The van der Waals surface area contributed by atoms with E-state index in [1.807, 2.05) is 0 Å². The normalized spacial score (nSPS) is 12.8. The molecule has 154 valence electrons. The first-order chi connectivity index (χ1) is 14.0. The number of nitro benzene ring substituents is 1. The molecule has 29 heavy (non-hydrogen) atoms. The van der Waals surface area contributed by atoms with Gasteiger partial charge in [0.1, 0.15) is 11.4 Å². The van der Waals surface area contributed by atoms with Gasteiger partial charge < -0.3 is 24.8 Å². The third kappa shape index (κ3) is 4.68. The molecule has 0 atom stereocenters. The van der Waals surface area contributed by atoms with E-state index in [0.717, 1.165) is 12.8 Å². The van der Waals surface area contributed by atoms with Crippen LogP contribution in [0.4, 0.5) is 11.4 Å². The van der Waals surface area contributed by atoms with Crippen LogP contribution >= 0.6 is 0 Å². The zero-order valence-corrected chi connectivity index (χ0v) is 16.5. The molecular weight excluding hydrogens is 378 g/mol. The van der Waals surface area contributed by atoms with Crippen LogP contribution < -0.4 is 24.8 Å². The maximum absolute atomic E-state index is 12.6. The molecule has 9 nitrogen and oxygen atoms in total. The van der Waals surface area contributed by atoms with Crippen LogP contribution in [0.1, 0.15) is 28.8 Å². The van der Waals surface area contributed by atoms with E-state index in [2.05, 4.69) is 10.6 Å². The Bertz CT molecular complexity index is 927. The number of nitrogens with one attached hydrogen (secondary N) is 2. The summed E-state index contributed by atoms with van der Waals surface area (Å²) in [5.41, 5.74) is 1.20. The first-order valence-electron chi connectivity index (χ1n) is 9.09. The number of carbonyl (C=O) groups excluding carboxylic acids is 1. The standard InChI is InChI=1S/C20H23N3O6/c1-27-17-10-19(29-3)18(28-2)9-13(17)11-21-20(24)12-4-7-15(22-14-5-6-14)16(8-12)23(25)26/h4,7-10,14,22H,5-6,11H2,1-3H3,(H,21,24). The Morgan fingerprint density at radius 1 is 1.07 bits per heavy atom. The molecule has 2 aromatic carbocycles. The molecule has 1 fully saturated rings. The highest BCUT2D eigenvalue weighted by molar-refractivity contribution is 5.95. The average Bonchev–Trinajstić information content (AvgIpc) is 3.55. The number of anilines is 1. The van der Waals surface area contributed by atoms with Gasteiger partial charge in [0.25, 0.3) is 11.6 Å². The van der Waals surface area contributed by atoms with Gasteiger partial charge in [0, 0.05) is 35.8 Å². The van der Waals surface area contributed by atoms with E-state index in [0.29, 0.717) is 28.5 Å². The van der Waals surface area contributed by atoms with Crippen LogP contribution in [0.2, 0.25) is 0 Å². The SMILES string of the molecule is COc1cc(OC)c(OC)cc1CNC(=O)c1ccc(NC2CC2)c([N+](=O)[O-])c1. The molecular formula is C20H23N3O6. The Kier molecular flexibility index (Phi) is 6.06. The Hall–Kier alpha value is -3.49. The highest BCUT2D eigenvalue weighted by Gasteiger charge is 2.25. The second-order valence-corrected chi connectivity index (χ2v) is 6.61. The van der Waals surface area contributed by atoms with Gasteiger partial charge in [0.05, 0.1) is 26.3 Å². The summed E-state index contributed by atoms with van der Waals surface area (Å²) < 4.78 is 15.9. The highest BCUT2D eigenvalue weighted by atomic mass is 16.6. The summed E-state index contributed by atoms with van der Waals surface area (Å²) in [5, 5.41) is 17.3. The number of nitro groups is 1. The number of rotatable bonds is 9. The third-order valence-corrected chi connectivity index (χ3v) is 4.62. The van der Waals surface area contributed by atoms with E-state index in [-0.39, 0.29) is 23.8 Å². The lowest BCUT2D eigenvalue weighted by Crippen LogP contribution is -2.23. The second-order valence-electron chi connectivity index (χ2n) is 6.61. The summed E-state index contributed by atoms with van der Waals surface area (Å²) in [5.74, 6) is 1.11. The molecule has 1 aliphatic carbocycles. The number of nitrogens with zero attached hydrogens (tertiary/aromatic N) is 1. The van der Waals surface area contributed by atoms with E-state index < -0.39 is 10.8 Å². The first-order valence-corrected chi connectivity index (χ1v) is 9.09. The number of methoxy groups -OCH3 is 3. The van der Waals surface area contributed by atoms with Gasteiger partial charge in [-0.1, -0.05) is 0 Å². The van der Waals surface area contributed by atoms with Crippen LogP contribution in [0.5, 0.6) is 17.2 Å². The number of ether oxygens (including phenoxy) is 3. The van der Waals surface area contributed by atoms with Crippen LogP contribution in [-0.4, -0.2) is 38.2 Å². The zero-order chi connectivity index (χ0) is 21.0. The fraction of sp³-hybridized carbons (Fsp3) is 0.350. The predicted molar refractivity (Wildman–Crippen MR) is 107 cm³/mol. The molecule has 0 saturated heterocycles. The summed E-state index contributed by atoms with van der Waals surface area (Å²) in [7, 11) is 4.55. The molecule has 0 aliphatic heterocycles. The summed E-state index contributed by atoms with van der Waals surface area (Å²) in [6.45, 7) is 0.151. The number of hydrogen-bond donors (Lipinski definition) is 2. The molecule has 1 aliphatic rings. The monoisotopic (exact) mass is 401 g/mol. The van der Waals surface area contributed by atoms with Crippen molar-refractivity contribution >= 4 is 17.3 Å². The van der Waals surface area contributed by atoms with Crippen molar-refractivity contribution in [3.63, 3.8) is 0 Å². The van der Waals surface area contributed by atoms with Crippen molar-refractivity contribution < 1.29 is 23.9 Å². The number of hydrogen-bond acceptors (Lipinski definition) is 7. The van der Waals surface area contributed by atoms with Gasteiger partial charge in [-0.3, -0.25) is 14.9 Å². The number of carbonyl (C=O) groups is 1. The van der Waals surface area contributed by atoms with E-state index in [9.17, 15) is 14.9 Å². The van der Waals surface area contributed by atoms with E-state index in [1.165, 1.54) is 27.4 Å². The molecule has 0 aromatic heterocycles. The van der Waals surface area contributed by atoms with Crippen molar-refractivity contribution in [1.82, 2.24) is 5.32 Å². The quantitative estimate of drug-likeness (QED) is 0.490. The smallest absolute Gasteiger partial charge is 0.293 e. The van der Waals surface area contributed by atoms with Gasteiger partial charge in [-0.05, 0) is 31.0 Å². The average molecular weight is 401 g/mol. The lowest BCUT2D eigenvalue weighted by atomic mass is 10.1. The molecule has 9 heteroatoms. The Morgan fingerprint density at radius 3 is 2.31 bits per heavy atom. The summed E-state index contributed by atoms with van der Waals surface area (Å²) in [4.78, 5) is 23.5. The molecule has 0 bridgehead atoms. The minimum Gasteiger partial charge on any atom is -0.496 e. The lowest BCUT2D eigenvalue weighted by Gasteiger charge is -2.14. The number of amides is 1. The van der Waals surface area contributed by atoms with E-state index in [4.69, 9.17) is 14.2 Å². The van der Waals surface area contributed by atoms with Crippen LogP contribution in [0.3, 0.4) is 0 Å². The highest BCUT2D eigenvalue weighted by Crippen LogP contribution is 2.35. The molecule has 0 spiro atoms. The fourth-order valence-corrected chi connectivity index (χ4v) is 2.90. The summed E-state index contributed by atoms with van der Waals surface area (Å²) in [6.07, 6.45) is 1.99. The van der Waals surface area contributed by atoms with Crippen LogP contribution in [0.25, 0.3) is 0 Å². The third-order valence-electron chi connectivity index (χ3n) is 4.62. The van der Waals surface area contributed by atoms with Gasteiger partial charge >= 0.3 is 0 Å². The van der Waals surface area contributed by atoms with Gasteiger partial charge in [0.15, 0.2) is 11.5 Å². The predicted octanol–water partition coefficient (Wildman–Crippen LogP) is 3.12. The number of benzene rings is 2. The molecule has 2 N–H and O–H groups in total. The van der Waals surface area contributed by atoms with Crippen molar-refractivity contribution in [2.24, 2.45) is 0 Å². The second kappa shape index (κ2) is 8.68. The van der Waals surface area contributed by atoms with E-state index >= 15 is 0 Å². The summed E-state index contributed by atoms with van der Waals surface area (Å²) >= 11 is 0. The fourth-order valence-electron chi connectivity index (χ4n) is 2.90. The van der Waals surface area contributed by atoms with Crippen molar-refractivity contribution in [2.75, 3.05) is 26.6 Å². The largest absolute Gasteiger partial charge is 0.496 e. The molecule has 1 amide bonds. The molecule has 0 unspecified atom stereocenters. The van der Waals surface area contributed by atoms with Crippen molar-refractivity contribution in [3.8, 4) is 17.2 Å². The molecule has 0 heterocycles. The van der Waals surface area contributed by atoms with Crippen LogP contribution in [0.15, 0.2) is 30.3 Å². The van der Waals surface area contributed by atoms with Crippen LogP contribution in [-0.2, 0) is 6.54 Å². The Morgan fingerprint density at radius 2 is 1.72 bits per heavy atom. The maximum Gasteiger partial charge on any atom is 0.293 e. The van der Waals surface area contributed by atoms with Crippen LogP contribution in [0, 0.1) is 10.1 Å². The lowest BCUT2D eigenvalue weighted by molar-refractivity contribution is -0.384. The zero-order valence-electron chi connectivity index (χ0n) is 16.5. The molecule has 0 radical (unpaired) electrons. The minimum atomic E-state index is -0.487. The van der Waals surface area contributed by atoms with E-state index in [1.54, 1.807) is 24.3 Å². The summed E-state index contributed by atoms with van der Waals surface area (Å²) in [6, 6.07) is 8.07. The first kappa shape index (κ1) is 20.2. The maximum atomic E-state index is 12.6. The molecule has 1 saturated carbocycles. The van der Waals surface area contributed by atoms with Gasteiger partial charge in [-0.2, -0.15) is 0 Å². The van der Waals surface area contributed by atoms with Gasteiger partial charge in [0.2, 0.25) is 0 Å². The molecule has 2 aromatic rings. The minimum absolute atomic E-state index is 0.117. The topological polar surface area (TPSA) is 112 Å². The Labute approximate surface area is 168 Å². The van der Waals surface area contributed by atoms with Crippen molar-refractivity contribution in [1.29, 1.82) is 0 Å². The molecule has 3 rings (SSSR count). The van der Waals surface area contributed by atoms with Crippen molar-refractivity contribution in [2.45, 2.75) is 25.4 Å². The Balaban J connectivity index is 1.77. The van der Waals surface area contributed by atoms with Gasteiger partial charge in [-0.25, -0.2) is 0 Å². The van der Waals surface area contributed by atoms with Crippen molar-refractivity contribution in [3.05, 3.63) is 51.6 Å². The van der Waals surface area contributed by atoms with Gasteiger partial charge in [-0.15, -0.1) is 0 Å².